The van der Waals surface area contributed by atoms with Crippen molar-refractivity contribution in [2.45, 2.75) is 13.8 Å². The fourth-order valence-electron chi connectivity index (χ4n) is 3.17. The fourth-order valence-corrected chi connectivity index (χ4v) is 3.17. The van der Waals surface area contributed by atoms with Crippen LogP contribution in [-0.4, -0.2) is 50.9 Å². The van der Waals surface area contributed by atoms with Gasteiger partial charge < -0.3 is 9.80 Å². The van der Waals surface area contributed by atoms with Gasteiger partial charge in [-0.05, 0) is 32.0 Å². The molecular formula is C18H21N7. The summed E-state index contributed by atoms with van der Waals surface area (Å²) in [4.78, 5) is 18.1. The van der Waals surface area contributed by atoms with Gasteiger partial charge in [-0.25, -0.2) is 14.6 Å². The van der Waals surface area contributed by atoms with Gasteiger partial charge in [0.1, 0.15) is 11.6 Å². The first-order valence-corrected chi connectivity index (χ1v) is 8.47. The van der Waals surface area contributed by atoms with Crippen LogP contribution in [0.25, 0.3) is 5.82 Å². The number of aryl methyl sites for hydroxylation is 2. The zero-order valence-corrected chi connectivity index (χ0v) is 14.5. The summed E-state index contributed by atoms with van der Waals surface area (Å²) in [5.41, 5.74) is 2.04. The lowest BCUT2D eigenvalue weighted by Gasteiger charge is -2.35. The Labute approximate surface area is 147 Å². The normalized spacial score (nSPS) is 14.8. The third-order valence-corrected chi connectivity index (χ3v) is 4.41. The van der Waals surface area contributed by atoms with Crippen LogP contribution in [0, 0.1) is 13.8 Å². The number of piperazine rings is 1. The van der Waals surface area contributed by atoms with Crippen molar-refractivity contribution >= 4 is 11.6 Å². The molecule has 128 valence electrons. The average Bonchev–Trinajstić information content (AvgIpc) is 3.01. The molecule has 4 rings (SSSR count). The van der Waals surface area contributed by atoms with Gasteiger partial charge in [0.2, 0.25) is 0 Å². The third kappa shape index (κ3) is 3.17. The predicted molar refractivity (Wildman–Crippen MR) is 97.3 cm³/mol. The van der Waals surface area contributed by atoms with Crippen LogP contribution in [0.1, 0.15) is 11.4 Å². The summed E-state index contributed by atoms with van der Waals surface area (Å²) < 4.78 is 1.84. The van der Waals surface area contributed by atoms with Gasteiger partial charge in [-0.3, -0.25) is 4.98 Å². The number of hydrogen-bond donors (Lipinski definition) is 0. The van der Waals surface area contributed by atoms with Gasteiger partial charge in [0.15, 0.2) is 5.82 Å². The Morgan fingerprint density at radius 3 is 2.24 bits per heavy atom. The zero-order chi connectivity index (χ0) is 17.2. The highest BCUT2D eigenvalue weighted by Crippen LogP contribution is 2.18. The van der Waals surface area contributed by atoms with Crippen molar-refractivity contribution in [2.75, 3.05) is 36.0 Å². The van der Waals surface area contributed by atoms with E-state index in [4.69, 9.17) is 4.98 Å². The van der Waals surface area contributed by atoms with E-state index in [9.17, 15) is 0 Å². The second-order valence-electron chi connectivity index (χ2n) is 6.24. The molecule has 1 saturated heterocycles. The molecule has 0 aliphatic carbocycles. The third-order valence-electron chi connectivity index (χ3n) is 4.41. The number of aromatic nitrogens is 5. The molecule has 0 atom stereocenters. The van der Waals surface area contributed by atoms with Crippen LogP contribution in [0.3, 0.4) is 0 Å². The van der Waals surface area contributed by atoms with E-state index >= 15 is 0 Å². The second-order valence-corrected chi connectivity index (χ2v) is 6.24. The SMILES string of the molecule is Cc1cc(C)n(-c2cncc(N3CCN(c4ccccn4)CC3)n2)n1. The molecule has 1 aliphatic heterocycles. The van der Waals surface area contributed by atoms with Crippen molar-refractivity contribution in [1.29, 1.82) is 0 Å². The van der Waals surface area contributed by atoms with Gasteiger partial charge in [0.05, 0.1) is 18.1 Å². The van der Waals surface area contributed by atoms with Crippen LogP contribution in [0.15, 0.2) is 42.9 Å². The van der Waals surface area contributed by atoms with E-state index in [1.807, 2.05) is 49.1 Å². The number of anilines is 2. The summed E-state index contributed by atoms with van der Waals surface area (Å²) in [6, 6.07) is 8.07. The van der Waals surface area contributed by atoms with Crippen molar-refractivity contribution in [3.05, 3.63) is 54.2 Å². The van der Waals surface area contributed by atoms with E-state index in [0.717, 1.165) is 55.0 Å². The Balaban J connectivity index is 1.50. The molecule has 0 unspecified atom stereocenters. The van der Waals surface area contributed by atoms with Crippen molar-refractivity contribution < 1.29 is 0 Å². The van der Waals surface area contributed by atoms with Gasteiger partial charge in [0.25, 0.3) is 0 Å². The van der Waals surface area contributed by atoms with E-state index in [0.29, 0.717) is 0 Å². The molecule has 3 aromatic heterocycles. The van der Waals surface area contributed by atoms with Crippen LogP contribution < -0.4 is 9.80 Å². The maximum Gasteiger partial charge on any atom is 0.174 e. The Morgan fingerprint density at radius 2 is 1.60 bits per heavy atom. The molecule has 0 aromatic carbocycles. The van der Waals surface area contributed by atoms with Crippen molar-refractivity contribution in [3.8, 4) is 5.82 Å². The van der Waals surface area contributed by atoms with E-state index in [2.05, 4.69) is 30.9 Å². The standard InChI is InChI=1S/C18H21N7/c1-14-11-15(2)25(22-14)18-13-19-12-17(21-18)24-9-7-23(8-10-24)16-5-3-4-6-20-16/h3-6,11-13H,7-10H2,1-2H3. The minimum atomic E-state index is 0.759. The van der Waals surface area contributed by atoms with Crippen LogP contribution in [-0.2, 0) is 0 Å². The highest BCUT2D eigenvalue weighted by molar-refractivity contribution is 5.45. The van der Waals surface area contributed by atoms with Crippen LogP contribution in [0.4, 0.5) is 11.6 Å². The molecule has 1 fully saturated rings. The first-order chi connectivity index (χ1) is 12.2. The molecule has 0 radical (unpaired) electrons. The van der Waals surface area contributed by atoms with Crippen molar-refractivity contribution in [2.24, 2.45) is 0 Å². The molecule has 0 bridgehead atoms. The maximum absolute atomic E-state index is 4.77. The molecule has 25 heavy (non-hydrogen) atoms. The summed E-state index contributed by atoms with van der Waals surface area (Å²) in [5, 5.41) is 4.50. The summed E-state index contributed by atoms with van der Waals surface area (Å²) in [7, 11) is 0. The van der Waals surface area contributed by atoms with Crippen LogP contribution >= 0.6 is 0 Å². The Kier molecular flexibility index (Phi) is 4.05. The van der Waals surface area contributed by atoms with E-state index < -0.39 is 0 Å². The minimum absolute atomic E-state index is 0.759. The summed E-state index contributed by atoms with van der Waals surface area (Å²) >= 11 is 0. The lowest BCUT2D eigenvalue weighted by atomic mass is 10.3. The Hall–Kier alpha value is -2.96. The first kappa shape index (κ1) is 15.6. The zero-order valence-electron chi connectivity index (χ0n) is 14.5. The lowest BCUT2D eigenvalue weighted by molar-refractivity contribution is 0.638. The highest BCUT2D eigenvalue weighted by atomic mass is 15.4. The van der Waals surface area contributed by atoms with E-state index in [-0.39, 0.29) is 0 Å². The van der Waals surface area contributed by atoms with E-state index in [1.54, 1.807) is 6.20 Å². The molecule has 7 heteroatoms. The first-order valence-electron chi connectivity index (χ1n) is 8.47. The lowest BCUT2D eigenvalue weighted by Crippen LogP contribution is -2.47. The van der Waals surface area contributed by atoms with Crippen LogP contribution in [0.2, 0.25) is 0 Å². The monoisotopic (exact) mass is 335 g/mol. The molecule has 4 heterocycles. The molecular weight excluding hydrogens is 314 g/mol. The molecule has 0 spiro atoms. The Bertz CT molecular complexity index is 851. The van der Waals surface area contributed by atoms with Gasteiger partial charge in [0, 0.05) is 38.1 Å². The highest BCUT2D eigenvalue weighted by Gasteiger charge is 2.19. The summed E-state index contributed by atoms with van der Waals surface area (Å²) in [6.07, 6.45) is 5.42. The summed E-state index contributed by atoms with van der Waals surface area (Å²) in [5.74, 6) is 2.69. The largest absolute Gasteiger partial charge is 0.353 e. The smallest absolute Gasteiger partial charge is 0.174 e. The summed E-state index contributed by atoms with van der Waals surface area (Å²) in [6.45, 7) is 7.64. The Morgan fingerprint density at radius 1 is 0.880 bits per heavy atom. The number of nitrogens with zero attached hydrogens (tertiary/aromatic N) is 7. The van der Waals surface area contributed by atoms with Gasteiger partial charge >= 0.3 is 0 Å². The molecule has 0 saturated carbocycles. The number of pyridine rings is 1. The van der Waals surface area contributed by atoms with Crippen molar-refractivity contribution in [3.63, 3.8) is 0 Å². The van der Waals surface area contributed by atoms with Crippen molar-refractivity contribution in [1.82, 2.24) is 24.7 Å². The van der Waals surface area contributed by atoms with Gasteiger partial charge in [-0.2, -0.15) is 5.10 Å². The number of hydrogen-bond acceptors (Lipinski definition) is 6. The molecule has 0 N–H and O–H groups in total. The molecule has 0 amide bonds. The number of rotatable bonds is 3. The van der Waals surface area contributed by atoms with Gasteiger partial charge in [-0.15, -0.1) is 0 Å². The molecule has 7 nitrogen and oxygen atoms in total. The minimum Gasteiger partial charge on any atom is -0.353 e. The maximum atomic E-state index is 4.77. The second kappa shape index (κ2) is 6.51. The van der Waals surface area contributed by atoms with Gasteiger partial charge in [-0.1, -0.05) is 6.07 Å². The average molecular weight is 335 g/mol. The van der Waals surface area contributed by atoms with Crippen LogP contribution in [0.5, 0.6) is 0 Å². The topological polar surface area (TPSA) is 63.0 Å². The molecule has 1 aliphatic rings. The quantitative estimate of drug-likeness (QED) is 0.729. The molecule has 3 aromatic rings. The predicted octanol–water partition coefficient (Wildman–Crippen LogP) is 2.00. The van der Waals surface area contributed by atoms with E-state index in [1.165, 1.54) is 0 Å². The fraction of sp³-hybridized carbons (Fsp3) is 0.333.